The van der Waals surface area contributed by atoms with Gasteiger partial charge in [0.15, 0.2) is 0 Å². The van der Waals surface area contributed by atoms with Crippen LogP contribution in [0.25, 0.3) is 10.6 Å². The number of carbonyl (C=O) groups is 2. The van der Waals surface area contributed by atoms with Crippen LogP contribution < -0.4 is 10.6 Å². The van der Waals surface area contributed by atoms with Crippen LogP contribution in [0.5, 0.6) is 0 Å². The van der Waals surface area contributed by atoms with Gasteiger partial charge in [-0.05, 0) is 43.5 Å². The van der Waals surface area contributed by atoms with E-state index in [1.54, 1.807) is 48.4 Å². The first-order valence-corrected chi connectivity index (χ1v) is 14.4. The highest BCUT2D eigenvalue weighted by Crippen LogP contribution is 2.37. The molecule has 3 N–H and O–H groups in total. The zero-order chi connectivity index (χ0) is 27.5. The average molecular weight is 591 g/mol. The van der Waals surface area contributed by atoms with E-state index >= 15 is 0 Å². The van der Waals surface area contributed by atoms with E-state index in [1.807, 2.05) is 0 Å². The number of aromatic nitrogens is 2. The third-order valence-corrected chi connectivity index (χ3v) is 8.72. The molecule has 2 aromatic heterocycles. The Morgan fingerprint density at radius 1 is 1.28 bits per heavy atom. The third kappa shape index (κ3) is 6.20. The molecule has 2 aliphatic heterocycles. The van der Waals surface area contributed by atoms with Gasteiger partial charge in [0.1, 0.15) is 11.7 Å². The molecule has 3 aromatic rings. The number of fused-ring (bicyclic) bond motifs is 1. The molecule has 2 aliphatic rings. The van der Waals surface area contributed by atoms with Crippen LogP contribution in [0.4, 0.5) is 5.95 Å². The summed E-state index contributed by atoms with van der Waals surface area (Å²) in [6, 6.07) is 7.62. The van der Waals surface area contributed by atoms with E-state index in [-0.39, 0.29) is 24.5 Å². The zero-order valence-corrected chi connectivity index (χ0v) is 23.7. The minimum absolute atomic E-state index is 0.226. The van der Waals surface area contributed by atoms with E-state index in [2.05, 4.69) is 20.6 Å². The molecule has 2 amide bonds. The molecular formula is C27H29Cl2N5O4S. The number of rotatable bonds is 8. The number of amides is 2. The maximum absolute atomic E-state index is 13.5. The van der Waals surface area contributed by atoms with Gasteiger partial charge in [0.25, 0.3) is 5.91 Å². The lowest BCUT2D eigenvalue weighted by Crippen LogP contribution is -2.51. The van der Waals surface area contributed by atoms with E-state index in [9.17, 15) is 14.7 Å². The van der Waals surface area contributed by atoms with Gasteiger partial charge in [0.05, 0.1) is 34.3 Å². The zero-order valence-electron chi connectivity index (χ0n) is 21.3. The summed E-state index contributed by atoms with van der Waals surface area (Å²) in [5.74, 6) is -0.0940. The van der Waals surface area contributed by atoms with Gasteiger partial charge >= 0.3 is 0 Å². The molecule has 39 heavy (non-hydrogen) atoms. The number of nitrogens with one attached hydrogen (secondary N) is 2. The van der Waals surface area contributed by atoms with Crippen LogP contribution in [0, 0.1) is 0 Å². The van der Waals surface area contributed by atoms with E-state index in [0.717, 1.165) is 22.6 Å². The Bertz CT molecular complexity index is 1360. The normalized spacial score (nSPS) is 17.4. The van der Waals surface area contributed by atoms with Crippen LogP contribution in [-0.2, 0) is 16.0 Å². The van der Waals surface area contributed by atoms with Crippen molar-refractivity contribution < 1.29 is 19.4 Å². The molecule has 9 nitrogen and oxygen atoms in total. The maximum atomic E-state index is 13.5. The van der Waals surface area contributed by atoms with Crippen molar-refractivity contribution in [3.05, 3.63) is 62.6 Å². The van der Waals surface area contributed by atoms with Gasteiger partial charge in [0.2, 0.25) is 11.9 Å². The fourth-order valence-electron chi connectivity index (χ4n) is 4.79. The van der Waals surface area contributed by atoms with Gasteiger partial charge in [-0.1, -0.05) is 35.3 Å². The van der Waals surface area contributed by atoms with E-state index in [1.165, 1.54) is 11.3 Å². The Hall–Kier alpha value is -2.76. The van der Waals surface area contributed by atoms with Gasteiger partial charge in [-0.25, -0.2) is 9.97 Å². The van der Waals surface area contributed by atoms with E-state index in [0.29, 0.717) is 59.0 Å². The van der Waals surface area contributed by atoms with Gasteiger partial charge in [-0.15, -0.1) is 11.3 Å². The monoisotopic (exact) mass is 589 g/mol. The van der Waals surface area contributed by atoms with Crippen molar-refractivity contribution in [2.45, 2.75) is 44.3 Å². The van der Waals surface area contributed by atoms with Crippen molar-refractivity contribution in [1.82, 2.24) is 20.2 Å². The number of thiophene rings is 1. The van der Waals surface area contributed by atoms with Crippen molar-refractivity contribution in [2.75, 3.05) is 31.7 Å². The lowest BCUT2D eigenvalue weighted by atomic mass is 10.0. The third-order valence-electron chi connectivity index (χ3n) is 7.01. The Balaban J connectivity index is 1.30. The Labute approximate surface area is 240 Å². The first-order chi connectivity index (χ1) is 18.8. The Kier molecular flexibility index (Phi) is 8.68. The maximum Gasteiger partial charge on any atom is 0.255 e. The minimum Gasteiger partial charge on any atom is -0.394 e. The summed E-state index contributed by atoms with van der Waals surface area (Å²) in [7, 11) is 0. The Morgan fingerprint density at radius 3 is 2.82 bits per heavy atom. The number of aliphatic hydroxyl groups excluding tert-OH is 1. The molecule has 0 radical (unpaired) electrons. The van der Waals surface area contributed by atoms with Crippen molar-refractivity contribution in [3.8, 4) is 10.6 Å². The summed E-state index contributed by atoms with van der Waals surface area (Å²) >= 11 is 14.0. The molecule has 206 valence electrons. The molecular weight excluding hydrogens is 561 g/mol. The van der Waals surface area contributed by atoms with E-state index in [4.69, 9.17) is 27.9 Å². The number of anilines is 1. The molecule has 0 spiro atoms. The average Bonchev–Trinajstić information content (AvgIpc) is 3.38. The Morgan fingerprint density at radius 2 is 2.08 bits per heavy atom. The lowest BCUT2D eigenvalue weighted by molar-refractivity contribution is -0.126. The summed E-state index contributed by atoms with van der Waals surface area (Å²) in [4.78, 5) is 38.8. The van der Waals surface area contributed by atoms with E-state index < -0.39 is 12.1 Å². The molecule has 1 aromatic carbocycles. The lowest BCUT2D eigenvalue weighted by Gasteiger charge is -2.32. The van der Waals surface area contributed by atoms with Gasteiger partial charge in [-0.3, -0.25) is 9.59 Å². The smallest absolute Gasteiger partial charge is 0.255 e. The molecule has 0 aliphatic carbocycles. The van der Waals surface area contributed by atoms with Crippen LogP contribution in [0.1, 0.15) is 46.6 Å². The summed E-state index contributed by atoms with van der Waals surface area (Å²) in [6.07, 6.45) is 3.94. The van der Waals surface area contributed by atoms with Gasteiger partial charge in [0, 0.05) is 42.1 Å². The molecule has 1 unspecified atom stereocenters. The summed E-state index contributed by atoms with van der Waals surface area (Å²) in [6.45, 7) is 3.19. The van der Waals surface area contributed by atoms with Crippen molar-refractivity contribution in [3.63, 3.8) is 0 Å². The minimum atomic E-state index is -0.736. The van der Waals surface area contributed by atoms with Crippen molar-refractivity contribution >= 4 is 52.3 Å². The van der Waals surface area contributed by atoms with Gasteiger partial charge < -0.3 is 25.4 Å². The molecule has 5 rings (SSSR count). The van der Waals surface area contributed by atoms with Crippen LogP contribution in [-0.4, -0.2) is 70.2 Å². The molecule has 0 saturated carbocycles. The summed E-state index contributed by atoms with van der Waals surface area (Å²) in [5, 5.41) is 17.0. The highest BCUT2D eigenvalue weighted by Gasteiger charge is 2.34. The summed E-state index contributed by atoms with van der Waals surface area (Å²) in [5.41, 5.74) is 1.80. The predicted molar refractivity (Wildman–Crippen MR) is 151 cm³/mol. The molecule has 2 atom stereocenters. The molecule has 12 heteroatoms. The molecule has 1 saturated heterocycles. The second-order valence-corrected chi connectivity index (χ2v) is 11.6. The topological polar surface area (TPSA) is 117 Å². The number of aliphatic hydroxyl groups is 1. The number of halogens is 2. The number of carbonyl (C=O) groups excluding carboxylic acids is 2. The van der Waals surface area contributed by atoms with Gasteiger partial charge in [-0.2, -0.15) is 0 Å². The highest BCUT2D eigenvalue weighted by molar-refractivity contribution is 7.16. The second-order valence-electron chi connectivity index (χ2n) is 9.59. The molecule has 4 heterocycles. The number of hydrogen-bond acceptors (Lipinski definition) is 8. The quantitative estimate of drug-likeness (QED) is 0.358. The first-order valence-electron chi connectivity index (χ1n) is 12.8. The summed E-state index contributed by atoms with van der Waals surface area (Å²) < 4.78 is 5.42. The number of hydrogen-bond donors (Lipinski definition) is 3. The van der Waals surface area contributed by atoms with Crippen LogP contribution >= 0.6 is 34.5 Å². The van der Waals surface area contributed by atoms with Crippen LogP contribution in [0.3, 0.4) is 0 Å². The van der Waals surface area contributed by atoms with Crippen molar-refractivity contribution in [2.24, 2.45) is 0 Å². The number of benzene rings is 1. The number of nitrogens with zero attached hydrogens (tertiary/aromatic N) is 3. The first kappa shape index (κ1) is 27.8. The fourth-order valence-corrected chi connectivity index (χ4v) is 6.38. The fraction of sp³-hybridized carbons (Fsp3) is 0.407. The second kappa shape index (κ2) is 12.2. The number of ether oxygens (including phenoxy) is 1. The van der Waals surface area contributed by atoms with Crippen LogP contribution in [0.2, 0.25) is 10.0 Å². The molecule has 1 fully saturated rings. The standard InChI is InChI=1S/C27H29Cl2N5O4S/c1-15(25(36)32-21(14-35)16-3-2-4-17(28)11-16)34-8-5-22-19(26(34)37)12-23(39-22)24-20(29)13-30-27(33-24)31-18-6-9-38-10-7-18/h2-4,11-13,15,18,21,35H,5-10,14H2,1H3,(H,32,36)(H,30,31,33)/t15?,21-/m1/s1. The largest absolute Gasteiger partial charge is 0.394 e. The predicted octanol–water partition coefficient (Wildman–Crippen LogP) is 4.34. The van der Waals surface area contributed by atoms with Crippen molar-refractivity contribution in [1.29, 1.82) is 0 Å². The SMILES string of the molecule is CC(C(=O)N[C@H](CO)c1cccc(Cl)c1)N1CCc2sc(-c3nc(NC4CCOCC4)ncc3Cl)cc2C1=O. The van der Waals surface area contributed by atoms with Crippen LogP contribution in [0.15, 0.2) is 36.5 Å². The highest BCUT2D eigenvalue weighted by atomic mass is 35.5. The molecule has 0 bridgehead atoms.